The van der Waals surface area contributed by atoms with Gasteiger partial charge in [-0.15, -0.1) is 24.7 Å². The fourth-order valence-electron chi connectivity index (χ4n) is 1.43. The second kappa shape index (κ2) is 5.95. The van der Waals surface area contributed by atoms with Crippen LogP contribution < -0.4 is 0 Å². The van der Waals surface area contributed by atoms with E-state index in [0.29, 0.717) is 12.8 Å². The molecular weight excluding hydrogens is 215 g/mol. The maximum absolute atomic E-state index is 10.8. The molecule has 0 aromatic carbocycles. The van der Waals surface area contributed by atoms with Crippen LogP contribution in [0.3, 0.4) is 0 Å². The van der Waals surface area contributed by atoms with E-state index in [1.807, 2.05) is 6.92 Å². The molecule has 0 aromatic heterocycles. The highest BCUT2D eigenvalue weighted by Gasteiger charge is 2.35. The normalized spacial score (nSPS) is 11.8. The van der Waals surface area contributed by atoms with Gasteiger partial charge in [0.05, 0.1) is 0 Å². The molecule has 0 radical (unpaired) electrons. The molecule has 0 atom stereocenters. The van der Waals surface area contributed by atoms with E-state index in [1.165, 1.54) is 0 Å². The topological polar surface area (TPSA) is 66.8 Å². The zero-order valence-corrected chi connectivity index (χ0v) is 9.54. The number of phosphoric ester groups is 1. The third kappa shape index (κ3) is 5.62. The highest BCUT2D eigenvalue weighted by molar-refractivity contribution is 7.46. The van der Waals surface area contributed by atoms with Gasteiger partial charge in [-0.1, -0.05) is 13.3 Å². The molecule has 0 saturated carbocycles. The largest absolute Gasteiger partial charge is 0.470 e. The second-order valence-corrected chi connectivity index (χ2v) is 4.44. The molecule has 2 N–H and O–H groups in total. The molecule has 0 rings (SSSR count). The lowest BCUT2D eigenvalue weighted by atomic mass is 9.91. The molecule has 0 fully saturated rings. The van der Waals surface area contributed by atoms with Crippen molar-refractivity contribution in [2.24, 2.45) is 0 Å². The molecule has 0 aliphatic heterocycles. The minimum atomic E-state index is -4.57. The van der Waals surface area contributed by atoms with Crippen LogP contribution >= 0.6 is 7.82 Å². The summed E-state index contributed by atoms with van der Waals surface area (Å²) in [7, 11) is -4.57. The fraction of sp³-hybridized carbons (Fsp3) is 0.600. The number of hydrogen-bond acceptors (Lipinski definition) is 2. The summed E-state index contributed by atoms with van der Waals surface area (Å²) in [6.45, 7) is 1.87. The Bertz CT molecular complexity index is 301. The summed E-state index contributed by atoms with van der Waals surface area (Å²) >= 11 is 0. The van der Waals surface area contributed by atoms with Gasteiger partial charge in [-0.3, -0.25) is 4.52 Å². The zero-order valence-electron chi connectivity index (χ0n) is 8.64. The SMILES string of the molecule is C#CCC(CC#C)(CCC)OP(=O)(O)O. The van der Waals surface area contributed by atoms with Crippen molar-refractivity contribution in [3.8, 4) is 24.7 Å². The zero-order chi connectivity index (χ0) is 11.9. The Morgan fingerprint density at radius 2 is 1.80 bits per heavy atom. The Kier molecular flexibility index (Phi) is 5.65. The van der Waals surface area contributed by atoms with E-state index in [4.69, 9.17) is 27.2 Å². The third-order valence-electron chi connectivity index (χ3n) is 1.87. The van der Waals surface area contributed by atoms with Gasteiger partial charge in [-0.25, -0.2) is 4.57 Å². The average molecular weight is 230 g/mol. The summed E-state index contributed by atoms with van der Waals surface area (Å²) in [6.07, 6.45) is 11.6. The van der Waals surface area contributed by atoms with Gasteiger partial charge in [0, 0.05) is 12.8 Å². The molecule has 0 spiro atoms. The lowest BCUT2D eigenvalue weighted by Gasteiger charge is -2.30. The number of rotatable bonds is 6. The summed E-state index contributed by atoms with van der Waals surface area (Å²) in [5.74, 6) is 4.67. The van der Waals surface area contributed by atoms with Crippen molar-refractivity contribution < 1.29 is 18.9 Å². The first kappa shape index (κ1) is 14.2. The lowest BCUT2D eigenvalue weighted by Crippen LogP contribution is -2.30. The van der Waals surface area contributed by atoms with Crippen molar-refractivity contribution >= 4 is 7.82 Å². The predicted molar refractivity (Wildman–Crippen MR) is 57.7 cm³/mol. The fourth-order valence-corrected chi connectivity index (χ4v) is 2.15. The van der Waals surface area contributed by atoms with Gasteiger partial charge in [0.15, 0.2) is 0 Å². The van der Waals surface area contributed by atoms with Gasteiger partial charge in [0.2, 0.25) is 0 Å². The highest BCUT2D eigenvalue weighted by Crippen LogP contribution is 2.45. The summed E-state index contributed by atoms with van der Waals surface area (Å²) < 4.78 is 15.5. The van der Waals surface area contributed by atoms with Crippen molar-refractivity contribution in [3.63, 3.8) is 0 Å². The Morgan fingerprint density at radius 3 is 2.07 bits per heavy atom. The van der Waals surface area contributed by atoms with Gasteiger partial charge >= 0.3 is 7.82 Å². The Hall–Kier alpha value is -0.770. The van der Waals surface area contributed by atoms with Crippen molar-refractivity contribution in [1.29, 1.82) is 0 Å². The number of terminal acetylenes is 2. The smallest absolute Gasteiger partial charge is 0.303 e. The van der Waals surface area contributed by atoms with E-state index in [1.54, 1.807) is 0 Å². The molecule has 0 aliphatic rings. The number of hydrogen-bond donors (Lipinski definition) is 2. The first-order valence-corrected chi connectivity index (χ1v) is 6.05. The average Bonchev–Trinajstić information content (AvgIpc) is 2.01. The molecule has 15 heavy (non-hydrogen) atoms. The van der Waals surface area contributed by atoms with Crippen molar-refractivity contribution in [2.75, 3.05) is 0 Å². The molecule has 5 heteroatoms. The summed E-state index contributed by atoms with van der Waals surface area (Å²) in [5.41, 5.74) is -1.10. The molecule has 4 nitrogen and oxygen atoms in total. The first-order valence-electron chi connectivity index (χ1n) is 4.52. The maximum atomic E-state index is 10.8. The van der Waals surface area contributed by atoms with Crippen molar-refractivity contribution in [3.05, 3.63) is 0 Å². The molecule has 0 saturated heterocycles. The van der Waals surface area contributed by atoms with Gasteiger partial charge in [0.1, 0.15) is 5.60 Å². The van der Waals surface area contributed by atoms with Crippen LogP contribution in [0.4, 0.5) is 0 Å². The molecule has 0 heterocycles. The monoisotopic (exact) mass is 230 g/mol. The molecule has 0 aliphatic carbocycles. The Morgan fingerprint density at radius 1 is 1.33 bits per heavy atom. The second-order valence-electron chi connectivity index (χ2n) is 3.28. The van der Waals surface area contributed by atoms with E-state index >= 15 is 0 Å². The van der Waals surface area contributed by atoms with Crippen LogP contribution in [0, 0.1) is 24.7 Å². The van der Waals surface area contributed by atoms with Crippen LogP contribution in [-0.2, 0) is 9.09 Å². The van der Waals surface area contributed by atoms with Gasteiger partial charge in [-0.2, -0.15) is 0 Å². The maximum Gasteiger partial charge on any atom is 0.470 e. The molecule has 0 amide bonds. The van der Waals surface area contributed by atoms with Gasteiger partial charge < -0.3 is 9.79 Å². The molecule has 0 unspecified atom stereocenters. The van der Waals surface area contributed by atoms with E-state index < -0.39 is 13.4 Å². The van der Waals surface area contributed by atoms with Gasteiger partial charge in [-0.05, 0) is 6.42 Å². The Labute approximate surface area is 90.3 Å². The summed E-state index contributed by atoms with van der Waals surface area (Å²) in [6, 6.07) is 0. The van der Waals surface area contributed by atoms with Crippen molar-refractivity contribution in [2.45, 2.75) is 38.2 Å². The van der Waals surface area contributed by atoms with Crippen LogP contribution in [0.1, 0.15) is 32.6 Å². The van der Waals surface area contributed by atoms with Crippen LogP contribution in [-0.4, -0.2) is 15.4 Å². The quantitative estimate of drug-likeness (QED) is 0.538. The molecule has 0 aromatic rings. The third-order valence-corrected chi connectivity index (χ3v) is 2.49. The first-order chi connectivity index (χ1) is 6.89. The van der Waals surface area contributed by atoms with E-state index in [-0.39, 0.29) is 12.8 Å². The van der Waals surface area contributed by atoms with Crippen LogP contribution in [0.25, 0.3) is 0 Å². The van der Waals surface area contributed by atoms with Gasteiger partial charge in [0.25, 0.3) is 0 Å². The van der Waals surface area contributed by atoms with E-state index in [0.717, 1.165) is 0 Å². The number of phosphoric acid groups is 1. The molecule has 84 valence electrons. The van der Waals surface area contributed by atoms with E-state index in [9.17, 15) is 4.57 Å². The lowest BCUT2D eigenvalue weighted by molar-refractivity contribution is 0.0339. The predicted octanol–water partition coefficient (Wildman–Crippen LogP) is 1.68. The summed E-state index contributed by atoms with van der Waals surface area (Å²) in [5, 5.41) is 0. The Balaban J connectivity index is 4.88. The highest BCUT2D eigenvalue weighted by atomic mass is 31.2. The molecule has 0 bridgehead atoms. The van der Waals surface area contributed by atoms with Crippen LogP contribution in [0.2, 0.25) is 0 Å². The van der Waals surface area contributed by atoms with Crippen molar-refractivity contribution in [1.82, 2.24) is 0 Å². The van der Waals surface area contributed by atoms with E-state index in [2.05, 4.69) is 11.8 Å². The van der Waals surface area contributed by atoms with Crippen LogP contribution in [0.5, 0.6) is 0 Å². The minimum absolute atomic E-state index is 0.0934. The summed E-state index contributed by atoms with van der Waals surface area (Å²) in [4.78, 5) is 17.6. The van der Waals surface area contributed by atoms with Crippen LogP contribution in [0.15, 0.2) is 0 Å². The standard InChI is InChI=1S/C10H15O4P/c1-4-7-10(8-5-2,9-6-3)14-15(11,12)13/h1-2H,6-9H2,3H3,(H2,11,12,13). The molecular formula is C10H15O4P. The minimum Gasteiger partial charge on any atom is -0.303 e.